The summed E-state index contributed by atoms with van der Waals surface area (Å²) in [5, 5.41) is 0. The molecule has 0 aromatic rings. The number of amides is 1. The molecule has 1 unspecified atom stereocenters. The second kappa shape index (κ2) is 2.95. The molecule has 2 N–H and O–H groups in total. The van der Waals surface area contributed by atoms with E-state index in [2.05, 4.69) is 25.3 Å². The summed E-state index contributed by atoms with van der Waals surface area (Å²) < 4.78 is -0.736. The van der Waals surface area contributed by atoms with Crippen molar-refractivity contribution in [2.45, 2.75) is 4.08 Å². The van der Waals surface area contributed by atoms with Crippen LogP contribution in [0, 0.1) is 5.92 Å². The summed E-state index contributed by atoms with van der Waals surface area (Å²) >= 11 is 8.36. The first-order valence-electron chi connectivity index (χ1n) is 3.14. The zero-order valence-electron chi connectivity index (χ0n) is 5.77. The lowest BCUT2D eigenvalue weighted by molar-refractivity contribution is -0.120. The summed E-state index contributed by atoms with van der Waals surface area (Å²) in [5.74, 6) is -0.838. The van der Waals surface area contributed by atoms with Crippen molar-refractivity contribution in [2.24, 2.45) is 11.7 Å². The molecule has 1 amide bonds. The van der Waals surface area contributed by atoms with Crippen LogP contribution in [-0.4, -0.2) is 9.99 Å². The van der Waals surface area contributed by atoms with Gasteiger partial charge < -0.3 is 5.73 Å². The second-order valence-electron chi connectivity index (χ2n) is 2.41. The van der Waals surface area contributed by atoms with Crippen LogP contribution < -0.4 is 5.73 Å². The third-order valence-electron chi connectivity index (χ3n) is 1.52. The largest absolute Gasteiger partial charge is 0.369 e. The van der Waals surface area contributed by atoms with E-state index in [0.29, 0.717) is 0 Å². The smallest absolute Gasteiger partial charge is 0.226 e. The lowest BCUT2D eigenvalue weighted by Gasteiger charge is -2.26. The molecule has 11 heavy (non-hydrogen) atoms. The molecule has 0 aromatic carbocycles. The third-order valence-corrected chi connectivity index (χ3v) is 2.37. The number of hydrogen-bond donors (Lipinski definition) is 3. The minimum atomic E-state index is -0.736. The van der Waals surface area contributed by atoms with Gasteiger partial charge in [0.1, 0.15) is 0 Å². The first kappa shape index (κ1) is 8.74. The van der Waals surface area contributed by atoms with Crippen LogP contribution in [0.5, 0.6) is 0 Å². The molecule has 1 aliphatic rings. The number of nitrogens with two attached hydrogens (primary N) is 1. The van der Waals surface area contributed by atoms with Crippen molar-refractivity contribution in [3.05, 3.63) is 24.3 Å². The number of carbonyl (C=O) groups is 1. The summed E-state index contributed by atoms with van der Waals surface area (Å²) in [6.07, 6.45) is 6.98. The molecule has 0 aromatic heterocycles. The van der Waals surface area contributed by atoms with Gasteiger partial charge in [-0.15, -0.1) is 0 Å². The summed E-state index contributed by atoms with van der Waals surface area (Å²) in [6, 6.07) is 0. The zero-order valence-corrected chi connectivity index (χ0v) is 7.56. The average Bonchev–Trinajstić information content (AvgIpc) is 1.85. The monoisotopic (exact) mass is 187 g/mol. The number of thiol groups is 2. The molecule has 2 nitrogen and oxygen atoms in total. The quantitative estimate of drug-likeness (QED) is 0.412. The molecule has 4 heteroatoms. The highest BCUT2D eigenvalue weighted by molar-refractivity contribution is 8.01. The second-order valence-corrected chi connectivity index (χ2v) is 4.24. The van der Waals surface area contributed by atoms with Crippen LogP contribution in [0.25, 0.3) is 0 Å². The minimum Gasteiger partial charge on any atom is -0.369 e. The fraction of sp³-hybridized carbons (Fsp3) is 0.286. The Morgan fingerprint density at radius 3 is 2.45 bits per heavy atom. The van der Waals surface area contributed by atoms with Crippen LogP contribution in [0.2, 0.25) is 0 Å². The predicted molar refractivity (Wildman–Crippen MR) is 51.7 cm³/mol. The molecular formula is C7H9NOS2. The zero-order chi connectivity index (χ0) is 8.48. The van der Waals surface area contributed by atoms with Gasteiger partial charge in [0.2, 0.25) is 5.91 Å². The lowest BCUT2D eigenvalue weighted by atomic mass is 9.99. The Labute approximate surface area is 76.4 Å². The molecule has 0 heterocycles. The fourth-order valence-electron chi connectivity index (χ4n) is 0.922. The van der Waals surface area contributed by atoms with Crippen molar-refractivity contribution in [1.82, 2.24) is 0 Å². The topological polar surface area (TPSA) is 43.1 Å². The molecule has 0 saturated carbocycles. The summed E-state index contributed by atoms with van der Waals surface area (Å²) in [6.45, 7) is 0. The van der Waals surface area contributed by atoms with Gasteiger partial charge in [-0.25, -0.2) is 0 Å². The maximum Gasteiger partial charge on any atom is 0.226 e. The van der Waals surface area contributed by atoms with Gasteiger partial charge in [0.05, 0.1) is 10.00 Å². The normalized spacial score (nSPS) is 26.9. The van der Waals surface area contributed by atoms with Crippen molar-refractivity contribution in [2.75, 3.05) is 0 Å². The Kier molecular flexibility index (Phi) is 2.34. The van der Waals surface area contributed by atoms with Gasteiger partial charge in [0.15, 0.2) is 0 Å². The van der Waals surface area contributed by atoms with Crippen molar-refractivity contribution in [3.63, 3.8) is 0 Å². The predicted octanol–water partition coefficient (Wildman–Crippen LogP) is 0.770. The molecule has 0 fully saturated rings. The highest BCUT2D eigenvalue weighted by Gasteiger charge is 2.32. The van der Waals surface area contributed by atoms with Crippen LogP contribution in [0.1, 0.15) is 0 Å². The number of hydrogen-bond acceptors (Lipinski definition) is 3. The summed E-state index contributed by atoms with van der Waals surface area (Å²) in [7, 11) is 0. The van der Waals surface area contributed by atoms with Crippen molar-refractivity contribution < 1.29 is 4.79 Å². The molecule has 0 bridgehead atoms. The van der Waals surface area contributed by atoms with Gasteiger partial charge in [0, 0.05) is 0 Å². The maximum absolute atomic E-state index is 10.8. The van der Waals surface area contributed by atoms with Crippen LogP contribution in [0.4, 0.5) is 0 Å². The average molecular weight is 187 g/mol. The molecule has 60 valence electrons. The standard InChI is InChI=1S/C7H9NOS2/c8-6(9)5-3-1-2-4-7(5,10)11/h1-5,10-11H,(H2,8,9). The van der Waals surface area contributed by atoms with Crippen LogP contribution in [-0.2, 0) is 4.79 Å². The van der Waals surface area contributed by atoms with Gasteiger partial charge in [-0.05, 0) is 0 Å². The maximum atomic E-state index is 10.8. The molecule has 0 aliphatic heterocycles. The van der Waals surface area contributed by atoms with Gasteiger partial charge in [0.25, 0.3) is 0 Å². The van der Waals surface area contributed by atoms with Crippen molar-refractivity contribution >= 4 is 31.2 Å². The van der Waals surface area contributed by atoms with E-state index in [-0.39, 0.29) is 0 Å². The Balaban J connectivity index is 2.89. The van der Waals surface area contributed by atoms with Crippen LogP contribution in [0.15, 0.2) is 24.3 Å². The Bertz CT molecular complexity index is 233. The number of carbonyl (C=O) groups excluding carboxylic acids is 1. The van der Waals surface area contributed by atoms with E-state index < -0.39 is 15.9 Å². The minimum absolute atomic E-state index is 0.407. The number of allylic oxidation sites excluding steroid dienone is 2. The summed E-state index contributed by atoms with van der Waals surface area (Å²) in [4.78, 5) is 10.8. The lowest BCUT2D eigenvalue weighted by Crippen LogP contribution is -2.35. The van der Waals surface area contributed by atoms with E-state index in [1.54, 1.807) is 24.3 Å². The molecule has 0 spiro atoms. The molecular weight excluding hydrogens is 178 g/mol. The van der Waals surface area contributed by atoms with Gasteiger partial charge in [-0.1, -0.05) is 24.3 Å². The third kappa shape index (κ3) is 1.81. The van der Waals surface area contributed by atoms with E-state index in [1.807, 2.05) is 0 Å². The number of primary amides is 1. The molecule has 1 aliphatic carbocycles. The fourth-order valence-corrected chi connectivity index (χ4v) is 1.52. The number of rotatable bonds is 1. The van der Waals surface area contributed by atoms with E-state index in [9.17, 15) is 4.79 Å². The van der Waals surface area contributed by atoms with Crippen molar-refractivity contribution in [3.8, 4) is 0 Å². The highest BCUT2D eigenvalue weighted by atomic mass is 32.2. The van der Waals surface area contributed by atoms with Crippen molar-refractivity contribution in [1.29, 1.82) is 0 Å². The molecule has 1 rings (SSSR count). The van der Waals surface area contributed by atoms with E-state index in [1.165, 1.54) is 0 Å². The Morgan fingerprint density at radius 2 is 2.09 bits per heavy atom. The first-order chi connectivity index (χ1) is 5.04. The first-order valence-corrected chi connectivity index (χ1v) is 4.03. The molecule has 0 saturated heterocycles. The van der Waals surface area contributed by atoms with E-state index in [4.69, 9.17) is 5.73 Å². The Hall–Kier alpha value is -0.350. The van der Waals surface area contributed by atoms with Crippen LogP contribution >= 0.6 is 25.3 Å². The van der Waals surface area contributed by atoms with E-state index in [0.717, 1.165) is 0 Å². The molecule has 0 radical (unpaired) electrons. The highest BCUT2D eigenvalue weighted by Crippen LogP contribution is 2.34. The van der Waals surface area contributed by atoms with Gasteiger partial charge >= 0.3 is 0 Å². The Morgan fingerprint density at radius 1 is 1.45 bits per heavy atom. The van der Waals surface area contributed by atoms with Gasteiger partial charge in [-0.3, -0.25) is 4.79 Å². The van der Waals surface area contributed by atoms with E-state index >= 15 is 0 Å². The SMILES string of the molecule is NC(=O)C1C=CC=CC1(S)S. The van der Waals surface area contributed by atoms with Crippen LogP contribution in [0.3, 0.4) is 0 Å². The van der Waals surface area contributed by atoms with Gasteiger partial charge in [-0.2, -0.15) is 25.3 Å². The summed E-state index contributed by atoms with van der Waals surface area (Å²) in [5.41, 5.74) is 5.12. The molecule has 1 atom stereocenters.